The molecule has 4 nitrogen and oxygen atoms in total. The van der Waals surface area contributed by atoms with Crippen molar-refractivity contribution in [1.82, 2.24) is 15.5 Å². The highest BCUT2D eigenvalue weighted by Gasteiger charge is 2.33. The van der Waals surface area contributed by atoms with Crippen molar-refractivity contribution in [3.05, 3.63) is 51.3 Å². The van der Waals surface area contributed by atoms with Gasteiger partial charge in [0, 0.05) is 17.8 Å². The molecule has 124 valence electrons. The smallest absolute Gasteiger partial charge is 0.352 e. The third-order valence-corrected chi connectivity index (χ3v) is 3.77. The number of aromatic nitrogens is 2. The zero-order chi connectivity index (χ0) is 17.2. The first kappa shape index (κ1) is 17.3. The molecule has 2 rings (SSSR count). The minimum atomic E-state index is -4.53. The fraction of sp³-hybridized carbons (Fsp3) is 0.333. The molecule has 23 heavy (non-hydrogen) atoms. The first-order valence-corrected chi connectivity index (χ1v) is 7.19. The van der Waals surface area contributed by atoms with Gasteiger partial charge in [0.25, 0.3) is 0 Å². The van der Waals surface area contributed by atoms with Crippen LogP contribution in [-0.4, -0.2) is 16.1 Å². The third kappa shape index (κ3) is 4.25. The summed E-state index contributed by atoms with van der Waals surface area (Å²) in [4.78, 5) is 11.9. The summed E-state index contributed by atoms with van der Waals surface area (Å²) in [5.41, 5.74) is 1.73. The number of halogens is 4. The van der Waals surface area contributed by atoms with E-state index in [-0.39, 0.29) is 23.9 Å². The zero-order valence-corrected chi connectivity index (χ0v) is 13.3. The van der Waals surface area contributed by atoms with E-state index < -0.39 is 11.7 Å². The predicted octanol–water partition coefficient (Wildman–Crippen LogP) is 3.56. The topological polar surface area (TPSA) is 57.8 Å². The van der Waals surface area contributed by atoms with Gasteiger partial charge in [0.05, 0.1) is 22.7 Å². The monoisotopic (exact) mass is 345 g/mol. The molecule has 0 fully saturated rings. The number of hydrogen-bond acceptors (Lipinski definition) is 2. The molecule has 1 heterocycles. The van der Waals surface area contributed by atoms with Gasteiger partial charge in [-0.15, -0.1) is 0 Å². The molecule has 0 spiro atoms. The van der Waals surface area contributed by atoms with Gasteiger partial charge in [-0.25, -0.2) is 0 Å². The van der Waals surface area contributed by atoms with Crippen molar-refractivity contribution in [3.63, 3.8) is 0 Å². The molecule has 0 saturated carbocycles. The quantitative estimate of drug-likeness (QED) is 0.890. The summed E-state index contributed by atoms with van der Waals surface area (Å²) in [6.45, 7) is 3.58. The molecule has 0 bridgehead atoms. The summed E-state index contributed by atoms with van der Waals surface area (Å²) in [6, 6.07) is 3.57. The van der Waals surface area contributed by atoms with E-state index in [1.54, 1.807) is 13.8 Å². The second-order valence-electron chi connectivity index (χ2n) is 5.18. The molecular weight excluding hydrogens is 331 g/mol. The molecule has 0 aliphatic carbocycles. The van der Waals surface area contributed by atoms with Crippen LogP contribution in [0.25, 0.3) is 0 Å². The van der Waals surface area contributed by atoms with Crippen molar-refractivity contribution in [2.75, 3.05) is 0 Å². The summed E-state index contributed by atoms with van der Waals surface area (Å²) < 4.78 is 38.4. The second kappa shape index (κ2) is 6.62. The van der Waals surface area contributed by atoms with E-state index in [9.17, 15) is 18.0 Å². The van der Waals surface area contributed by atoms with Gasteiger partial charge in [-0.2, -0.15) is 18.3 Å². The van der Waals surface area contributed by atoms with E-state index in [0.717, 1.165) is 23.0 Å². The molecule has 2 N–H and O–H groups in total. The van der Waals surface area contributed by atoms with Crippen LogP contribution in [0.4, 0.5) is 13.2 Å². The third-order valence-electron chi connectivity index (χ3n) is 3.44. The molecule has 1 aromatic carbocycles. The predicted molar refractivity (Wildman–Crippen MR) is 80.1 cm³/mol. The van der Waals surface area contributed by atoms with Crippen LogP contribution in [0.2, 0.25) is 5.02 Å². The van der Waals surface area contributed by atoms with Gasteiger partial charge in [0.1, 0.15) is 0 Å². The molecule has 0 atom stereocenters. The maximum Gasteiger partial charge on any atom is 0.417 e. The van der Waals surface area contributed by atoms with Crippen LogP contribution in [0.3, 0.4) is 0 Å². The molecule has 1 aromatic heterocycles. The summed E-state index contributed by atoms with van der Waals surface area (Å²) in [6.07, 6.45) is -4.41. The maximum absolute atomic E-state index is 12.8. The van der Waals surface area contributed by atoms with Crippen molar-refractivity contribution in [2.24, 2.45) is 0 Å². The normalized spacial score (nSPS) is 11.6. The van der Waals surface area contributed by atoms with Crippen LogP contribution in [0.1, 0.15) is 28.1 Å². The van der Waals surface area contributed by atoms with E-state index >= 15 is 0 Å². The van der Waals surface area contributed by atoms with Crippen molar-refractivity contribution in [3.8, 4) is 0 Å². The molecule has 0 saturated heterocycles. The summed E-state index contributed by atoms with van der Waals surface area (Å²) in [5, 5.41) is 9.00. The summed E-state index contributed by atoms with van der Waals surface area (Å²) in [7, 11) is 0. The largest absolute Gasteiger partial charge is 0.417 e. The van der Waals surface area contributed by atoms with Crippen molar-refractivity contribution in [1.29, 1.82) is 0 Å². The fourth-order valence-corrected chi connectivity index (χ4v) is 2.38. The van der Waals surface area contributed by atoms with Crippen LogP contribution in [0.15, 0.2) is 18.2 Å². The zero-order valence-electron chi connectivity index (χ0n) is 12.5. The number of rotatable bonds is 4. The molecule has 0 unspecified atom stereocenters. The number of nitrogens with zero attached hydrogens (tertiary/aromatic N) is 1. The number of carbonyl (C=O) groups excluding carboxylic acids is 1. The highest BCUT2D eigenvalue weighted by Crippen LogP contribution is 2.35. The maximum atomic E-state index is 12.8. The average Bonchev–Trinajstić information content (AvgIpc) is 2.77. The number of aromatic amines is 1. The highest BCUT2D eigenvalue weighted by molar-refractivity contribution is 6.31. The van der Waals surface area contributed by atoms with Crippen molar-refractivity contribution in [2.45, 2.75) is 33.0 Å². The van der Waals surface area contributed by atoms with Crippen molar-refractivity contribution < 1.29 is 18.0 Å². The van der Waals surface area contributed by atoms with Gasteiger partial charge in [-0.1, -0.05) is 17.7 Å². The minimum Gasteiger partial charge on any atom is -0.352 e. The fourth-order valence-electron chi connectivity index (χ4n) is 2.16. The lowest BCUT2D eigenvalue weighted by Gasteiger charge is -2.11. The SMILES string of the molecule is Cc1n[nH]c(C)c1CC(=O)NCc1ccc(Cl)c(C(F)(F)F)c1. The number of carbonyl (C=O) groups is 1. The van der Waals surface area contributed by atoms with Gasteiger partial charge in [0.2, 0.25) is 5.91 Å². The van der Waals surface area contributed by atoms with E-state index in [2.05, 4.69) is 15.5 Å². The molecule has 0 aliphatic rings. The van der Waals surface area contributed by atoms with Crippen LogP contribution in [0, 0.1) is 13.8 Å². The Morgan fingerprint density at radius 2 is 2.04 bits per heavy atom. The van der Waals surface area contributed by atoms with Gasteiger partial charge in [-0.3, -0.25) is 9.89 Å². The Bertz CT molecular complexity index is 706. The number of nitrogens with one attached hydrogen (secondary N) is 2. The van der Waals surface area contributed by atoms with Gasteiger partial charge >= 0.3 is 6.18 Å². The Morgan fingerprint density at radius 1 is 1.35 bits per heavy atom. The molecule has 2 aromatic rings. The van der Waals surface area contributed by atoms with Crippen LogP contribution >= 0.6 is 11.6 Å². The molecule has 0 radical (unpaired) electrons. The Balaban J connectivity index is 2.02. The number of amides is 1. The Hall–Kier alpha value is -2.02. The van der Waals surface area contributed by atoms with Crippen LogP contribution < -0.4 is 5.32 Å². The van der Waals surface area contributed by atoms with Crippen molar-refractivity contribution >= 4 is 17.5 Å². The number of benzene rings is 1. The van der Waals surface area contributed by atoms with Crippen LogP contribution in [-0.2, 0) is 23.9 Å². The lowest BCUT2D eigenvalue weighted by molar-refractivity contribution is -0.137. The number of aryl methyl sites for hydroxylation is 2. The first-order chi connectivity index (χ1) is 10.7. The Kier molecular flexibility index (Phi) is 4.99. The van der Waals surface area contributed by atoms with E-state index in [1.807, 2.05) is 0 Å². The van der Waals surface area contributed by atoms with Gasteiger partial charge < -0.3 is 5.32 Å². The lowest BCUT2D eigenvalue weighted by Crippen LogP contribution is -2.25. The van der Waals surface area contributed by atoms with E-state index in [0.29, 0.717) is 5.56 Å². The standard InChI is InChI=1S/C15H15ClF3N3O/c1-8-11(9(2)22-21-8)6-14(23)20-7-10-3-4-13(16)12(5-10)15(17,18)19/h3-5H,6-7H2,1-2H3,(H,20,23)(H,21,22). The Labute approximate surface area is 136 Å². The second-order valence-corrected chi connectivity index (χ2v) is 5.59. The number of hydrogen-bond donors (Lipinski definition) is 2. The molecule has 0 aliphatic heterocycles. The number of alkyl halides is 3. The lowest BCUT2D eigenvalue weighted by atomic mass is 10.1. The van der Waals surface area contributed by atoms with Crippen LogP contribution in [0.5, 0.6) is 0 Å². The highest BCUT2D eigenvalue weighted by atomic mass is 35.5. The Morgan fingerprint density at radius 3 is 2.61 bits per heavy atom. The van der Waals surface area contributed by atoms with Gasteiger partial charge in [0.15, 0.2) is 0 Å². The molecular formula is C15H15ClF3N3O. The van der Waals surface area contributed by atoms with Gasteiger partial charge in [-0.05, 0) is 31.5 Å². The minimum absolute atomic E-state index is 0.00493. The summed E-state index contributed by atoms with van der Waals surface area (Å²) >= 11 is 5.56. The molecule has 8 heteroatoms. The summed E-state index contributed by atoms with van der Waals surface area (Å²) in [5.74, 6) is -0.291. The first-order valence-electron chi connectivity index (χ1n) is 6.81. The average molecular weight is 346 g/mol. The number of H-pyrrole nitrogens is 1. The molecule has 1 amide bonds. The van der Waals surface area contributed by atoms with E-state index in [1.165, 1.54) is 12.1 Å². The van der Waals surface area contributed by atoms with E-state index in [4.69, 9.17) is 11.6 Å².